The van der Waals surface area contributed by atoms with Crippen molar-refractivity contribution in [2.24, 2.45) is 0 Å². The highest BCUT2D eigenvalue weighted by molar-refractivity contribution is 7.80. The molecule has 0 unspecified atom stereocenters. The second-order valence-electron chi connectivity index (χ2n) is 5.48. The second kappa shape index (κ2) is 8.63. The van der Waals surface area contributed by atoms with Gasteiger partial charge in [-0.05, 0) is 53.9 Å². The van der Waals surface area contributed by atoms with Crippen molar-refractivity contribution in [3.63, 3.8) is 0 Å². The molecule has 122 valence electrons. The topological polar surface area (TPSA) is 24.1 Å². The predicted octanol–water partition coefficient (Wildman–Crippen LogP) is 4.35. The molecule has 4 heteroatoms. The minimum atomic E-state index is -0.244. The van der Waals surface area contributed by atoms with E-state index in [4.69, 9.17) is 12.2 Å². The van der Waals surface area contributed by atoms with Gasteiger partial charge in [0.25, 0.3) is 0 Å². The molecule has 1 atom stereocenters. The van der Waals surface area contributed by atoms with E-state index in [0.29, 0.717) is 5.11 Å². The summed E-state index contributed by atoms with van der Waals surface area (Å²) in [7, 11) is 0. The highest BCUT2D eigenvalue weighted by Crippen LogP contribution is 2.23. The van der Waals surface area contributed by atoms with Gasteiger partial charge in [0.1, 0.15) is 5.82 Å². The van der Waals surface area contributed by atoms with Crippen LogP contribution in [0, 0.1) is 5.82 Å². The number of rotatable bonds is 6. The highest BCUT2D eigenvalue weighted by atomic mass is 32.1. The third-order valence-corrected chi connectivity index (χ3v) is 3.98. The van der Waals surface area contributed by atoms with E-state index in [0.717, 1.165) is 30.5 Å². The Balaban J connectivity index is 2.28. The lowest BCUT2D eigenvalue weighted by Crippen LogP contribution is -2.38. The lowest BCUT2D eigenvalue weighted by Gasteiger charge is -2.22. The van der Waals surface area contributed by atoms with E-state index in [1.165, 1.54) is 11.6 Å². The Morgan fingerprint density at radius 2 is 1.83 bits per heavy atom. The van der Waals surface area contributed by atoms with Gasteiger partial charge in [0, 0.05) is 6.54 Å². The minimum Gasteiger partial charge on any atom is -0.363 e. The van der Waals surface area contributed by atoms with E-state index < -0.39 is 0 Å². The SMILES string of the molecule is CCCNC(=S)N[C@@H](c1ccc(CC)cc1)c1cccc(F)c1. The Morgan fingerprint density at radius 1 is 1.09 bits per heavy atom. The number of benzene rings is 2. The summed E-state index contributed by atoms with van der Waals surface area (Å²) < 4.78 is 13.6. The Hall–Kier alpha value is -1.94. The molecule has 0 saturated carbocycles. The van der Waals surface area contributed by atoms with Crippen molar-refractivity contribution >= 4 is 17.3 Å². The normalized spacial score (nSPS) is 11.8. The van der Waals surface area contributed by atoms with Crippen molar-refractivity contribution in [3.8, 4) is 0 Å². The third-order valence-electron chi connectivity index (χ3n) is 3.71. The van der Waals surface area contributed by atoms with Crippen molar-refractivity contribution < 1.29 is 4.39 Å². The Morgan fingerprint density at radius 3 is 2.43 bits per heavy atom. The first kappa shape index (κ1) is 17.4. The van der Waals surface area contributed by atoms with Crippen LogP contribution in [0.4, 0.5) is 4.39 Å². The number of nitrogens with one attached hydrogen (secondary N) is 2. The molecule has 0 aliphatic carbocycles. The van der Waals surface area contributed by atoms with E-state index >= 15 is 0 Å². The largest absolute Gasteiger partial charge is 0.363 e. The zero-order chi connectivity index (χ0) is 16.7. The van der Waals surface area contributed by atoms with E-state index in [2.05, 4.69) is 48.7 Å². The van der Waals surface area contributed by atoms with Crippen molar-refractivity contribution in [1.29, 1.82) is 0 Å². The first-order chi connectivity index (χ1) is 11.1. The Kier molecular flexibility index (Phi) is 6.53. The van der Waals surface area contributed by atoms with Crippen LogP contribution in [0.2, 0.25) is 0 Å². The van der Waals surface area contributed by atoms with E-state index in [9.17, 15) is 4.39 Å². The first-order valence-electron chi connectivity index (χ1n) is 8.02. The molecule has 0 aliphatic heterocycles. The molecule has 0 saturated heterocycles. The molecule has 0 radical (unpaired) electrons. The van der Waals surface area contributed by atoms with Crippen LogP contribution in [-0.4, -0.2) is 11.7 Å². The van der Waals surface area contributed by atoms with Crippen LogP contribution < -0.4 is 10.6 Å². The molecule has 0 heterocycles. The fourth-order valence-electron chi connectivity index (χ4n) is 2.41. The molecule has 0 fully saturated rings. The van der Waals surface area contributed by atoms with Crippen molar-refractivity contribution in [3.05, 3.63) is 71.0 Å². The fraction of sp³-hybridized carbons (Fsp3) is 0.316. The smallest absolute Gasteiger partial charge is 0.167 e. The van der Waals surface area contributed by atoms with Gasteiger partial charge in [0.05, 0.1) is 6.04 Å². The van der Waals surface area contributed by atoms with Crippen molar-refractivity contribution in [2.45, 2.75) is 32.7 Å². The van der Waals surface area contributed by atoms with Crippen LogP contribution in [-0.2, 0) is 6.42 Å². The summed E-state index contributed by atoms with van der Waals surface area (Å²) in [6.07, 6.45) is 1.99. The molecule has 2 aromatic rings. The summed E-state index contributed by atoms with van der Waals surface area (Å²) in [5.74, 6) is -0.244. The number of halogens is 1. The zero-order valence-corrected chi connectivity index (χ0v) is 14.4. The van der Waals surface area contributed by atoms with Crippen LogP contribution in [0.1, 0.15) is 43.0 Å². The van der Waals surface area contributed by atoms with Gasteiger partial charge < -0.3 is 10.6 Å². The average Bonchev–Trinajstić information content (AvgIpc) is 2.58. The van der Waals surface area contributed by atoms with Crippen LogP contribution in [0.15, 0.2) is 48.5 Å². The minimum absolute atomic E-state index is 0.173. The van der Waals surface area contributed by atoms with Crippen LogP contribution in [0.25, 0.3) is 0 Å². The molecule has 0 spiro atoms. The molecule has 2 nitrogen and oxygen atoms in total. The summed E-state index contributed by atoms with van der Waals surface area (Å²) in [5.41, 5.74) is 3.20. The Labute approximate surface area is 143 Å². The van der Waals surface area contributed by atoms with Gasteiger partial charge in [-0.2, -0.15) is 0 Å². The number of thiocarbonyl (C=S) groups is 1. The van der Waals surface area contributed by atoms with E-state index in [1.54, 1.807) is 12.1 Å². The van der Waals surface area contributed by atoms with Gasteiger partial charge in [0.15, 0.2) is 5.11 Å². The molecule has 0 aromatic heterocycles. The van der Waals surface area contributed by atoms with Gasteiger partial charge in [-0.3, -0.25) is 0 Å². The van der Waals surface area contributed by atoms with Crippen LogP contribution in [0.5, 0.6) is 0 Å². The fourth-order valence-corrected chi connectivity index (χ4v) is 2.63. The van der Waals surface area contributed by atoms with E-state index in [-0.39, 0.29) is 11.9 Å². The Bertz CT molecular complexity index is 640. The lowest BCUT2D eigenvalue weighted by atomic mass is 9.97. The molecule has 0 aliphatic rings. The van der Waals surface area contributed by atoms with Gasteiger partial charge >= 0.3 is 0 Å². The summed E-state index contributed by atoms with van der Waals surface area (Å²) >= 11 is 5.36. The molecule has 0 bridgehead atoms. The van der Waals surface area contributed by atoms with Gasteiger partial charge in [-0.1, -0.05) is 50.2 Å². The highest BCUT2D eigenvalue weighted by Gasteiger charge is 2.15. The first-order valence-corrected chi connectivity index (χ1v) is 8.43. The quantitative estimate of drug-likeness (QED) is 0.770. The predicted molar refractivity (Wildman–Crippen MR) is 98.1 cm³/mol. The second-order valence-corrected chi connectivity index (χ2v) is 5.89. The molecular formula is C19H23FN2S. The summed E-state index contributed by atoms with van der Waals surface area (Å²) in [5, 5.41) is 7.05. The summed E-state index contributed by atoms with van der Waals surface area (Å²) in [6, 6.07) is 14.8. The summed E-state index contributed by atoms with van der Waals surface area (Å²) in [6.45, 7) is 5.03. The number of hydrogen-bond donors (Lipinski definition) is 2. The number of aryl methyl sites for hydroxylation is 1. The maximum absolute atomic E-state index is 13.6. The average molecular weight is 330 g/mol. The van der Waals surface area contributed by atoms with Crippen LogP contribution in [0.3, 0.4) is 0 Å². The maximum Gasteiger partial charge on any atom is 0.167 e. The van der Waals surface area contributed by atoms with Crippen molar-refractivity contribution in [2.75, 3.05) is 6.54 Å². The molecule has 23 heavy (non-hydrogen) atoms. The maximum atomic E-state index is 13.6. The molecule has 2 aromatic carbocycles. The lowest BCUT2D eigenvalue weighted by molar-refractivity contribution is 0.620. The number of hydrogen-bond acceptors (Lipinski definition) is 1. The van der Waals surface area contributed by atoms with Crippen LogP contribution >= 0.6 is 12.2 Å². The molecule has 2 rings (SSSR count). The standard InChI is InChI=1S/C19H23FN2S/c1-3-12-21-19(23)22-18(16-6-5-7-17(20)13-16)15-10-8-14(4-2)9-11-15/h5-11,13,18H,3-4,12H2,1-2H3,(H2,21,22,23)/t18-/m0/s1. The molecule has 0 amide bonds. The van der Waals surface area contributed by atoms with E-state index in [1.807, 2.05) is 6.07 Å². The molecule has 2 N–H and O–H groups in total. The van der Waals surface area contributed by atoms with Crippen molar-refractivity contribution in [1.82, 2.24) is 10.6 Å². The third kappa shape index (κ3) is 5.03. The van der Waals surface area contributed by atoms with Gasteiger partial charge in [0.2, 0.25) is 0 Å². The summed E-state index contributed by atoms with van der Waals surface area (Å²) in [4.78, 5) is 0. The van der Waals surface area contributed by atoms with Gasteiger partial charge in [-0.25, -0.2) is 4.39 Å². The monoisotopic (exact) mass is 330 g/mol. The molecular weight excluding hydrogens is 307 g/mol. The van der Waals surface area contributed by atoms with Gasteiger partial charge in [-0.15, -0.1) is 0 Å². The zero-order valence-electron chi connectivity index (χ0n) is 13.6.